The molecule has 13 rings (SSSR count). The predicted octanol–water partition coefficient (Wildman–Crippen LogP) is 15.6. The molecule has 0 atom stereocenters. The SMILES string of the molecule is c1ccc(-c2nc(-c3ccccc3)nc(-c3ccc(-c4cccc5oc6ccc(-c7ccc8c(c7)c7c9sc%10ccccc%10c9ccc7n8-c7ccccc7)cc6c45)cc3)n2)cc1. The molecule has 5 nitrogen and oxygen atoms in total. The average Bonchev–Trinajstić information content (AvgIpc) is 4.04. The summed E-state index contributed by atoms with van der Waals surface area (Å²) in [6.45, 7) is 0. The van der Waals surface area contributed by atoms with Gasteiger partial charge in [-0.1, -0.05) is 152 Å². The molecule has 0 spiro atoms. The topological polar surface area (TPSA) is 56.7 Å². The Hall–Kier alpha value is -8.19. The van der Waals surface area contributed by atoms with Crippen molar-refractivity contribution in [2.45, 2.75) is 0 Å². The van der Waals surface area contributed by atoms with Gasteiger partial charge < -0.3 is 8.98 Å². The minimum Gasteiger partial charge on any atom is -0.456 e. The summed E-state index contributed by atoms with van der Waals surface area (Å²) < 4.78 is 11.6. The second kappa shape index (κ2) is 14.2. The van der Waals surface area contributed by atoms with Gasteiger partial charge in [0.05, 0.1) is 11.0 Å². The highest BCUT2D eigenvalue weighted by atomic mass is 32.1. The second-order valence-electron chi connectivity index (χ2n) is 15.9. The van der Waals surface area contributed by atoms with E-state index in [0.29, 0.717) is 17.5 Å². The molecular weight excluding hydrogens is 789 g/mol. The summed E-state index contributed by atoms with van der Waals surface area (Å²) in [7, 11) is 0. The molecule has 9 aromatic carbocycles. The maximum atomic E-state index is 6.54. The van der Waals surface area contributed by atoms with Gasteiger partial charge in [0.1, 0.15) is 11.2 Å². The third kappa shape index (κ3) is 5.80. The molecule has 4 heterocycles. The Labute approximate surface area is 365 Å². The number of benzene rings is 9. The van der Waals surface area contributed by atoms with E-state index in [2.05, 4.69) is 150 Å². The fraction of sp³-hybridized carbons (Fsp3) is 0. The van der Waals surface area contributed by atoms with Crippen molar-refractivity contribution in [2.75, 3.05) is 0 Å². The third-order valence-corrected chi connectivity index (χ3v) is 13.5. The van der Waals surface area contributed by atoms with Gasteiger partial charge >= 0.3 is 0 Å². The Bertz CT molecular complexity index is 3830. The lowest BCUT2D eigenvalue weighted by atomic mass is 9.96. The number of fused-ring (bicyclic) bond motifs is 10. The lowest BCUT2D eigenvalue weighted by molar-refractivity contribution is 0.669. The molecule has 4 aromatic heterocycles. The lowest BCUT2D eigenvalue weighted by Crippen LogP contribution is -2.00. The van der Waals surface area contributed by atoms with E-state index in [1.807, 2.05) is 72.0 Å². The van der Waals surface area contributed by atoms with Crippen molar-refractivity contribution in [1.29, 1.82) is 0 Å². The zero-order valence-electron chi connectivity index (χ0n) is 33.7. The lowest BCUT2D eigenvalue weighted by Gasteiger charge is -2.09. The van der Waals surface area contributed by atoms with Gasteiger partial charge in [0.2, 0.25) is 0 Å². The summed E-state index contributed by atoms with van der Waals surface area (Å²) in [5.41, 5.74) is 12.6. The van der Waals surface area contributed by atoms with Crippen LogP contribution in [-0.4, -0.2) is 19.5 Å². The highest BCUT2D eigenvalue weighted by Crippen LogP contribution is 2.45. The number of nitrogens with zero attached hydrogens (tertiary/aromatic N) is 4. The molecule has 0 N–H and O–H groups in total. The van der Waals surface area contributed by atoms with Crippen LogP contribution in [0.2, 0.25) is 0 Å². The van der Waals surface area contributed by atoms with Crippen LogP contribution < -0.4 is 0 Å². The quantitative estimate of drug-likeness (QED) is 0.168. The van der Waals surface area contributed by atoms with E-state index in [1.54, 1.807) is 0 Å². The van der Waals surface area contributed by atoms with Crippen LogP contribution in [0.15, 0.2) is 211 Å². The molecule has 294 valence electrons. The fourth-order valence-corrected chi connectivity index (χ4v) is 10.6. The number of para-hydroxylation sites is 1. The van der Waals surface area contributed by atoms with Crippen molar-refractivity contribution >= 4 is 75.3 Å². The van der Waals surface area contributed by atoms with Gasteiger partial charge in [0.15, 0.2) is 17.5 Å². The minimum absolute atomic E-state index is 0.628. The van der Waals surface area contributed by atoms with Crippen LogP contribution in [0.25, 0.3) is 126 Å². The maximum absolute atomic E-state index is 6.54. The molecule has 63 heavy (non-hydrogen) atoms. The van der Waals surface area contributed by atoms with E-state index in [-0.39, 0.29) is 0 Å². The smallest absolute Gasteiger partial charge is 0.164 e. The van der Waals surface area contributed by atoms with Crippen LogP contribution in [0.1, 0.15) is 0 Å². The molecule has 0 aliphatic rings. The fourth-order valence-electron chi connectivity index (χ4n) is 9.30. The molecule has 13 aromatic rings. The molecule has 0 saturated heterocycles. The van der Waals surface area contributed by atoms with Crippen molar-refractivity contribution in [2.24, 2.45) is 0 Å². The largest absolute Gasteiger partial charge is 0.456 e. The number of rotatable bonds is 6. The second-order valence-corrected chi connectivity index (χ2v) is 17.0. The number of hydrogen-bond acceptors (Lipinski definition) is 5. The molecule has 0 radical (unpaired) electrons. The van der Waals surface area contributed by atoms with Crippen molar-refractivity contribution in [3.8, 4) is 62.1 Å². The minimum atomic E-state index is 0.628. The van der Waals surface area contributed by atoms with Crippen LogP contribution >= 0.6 is 11.3 Å². The average molecular weight is 823 g/mol. The molecule has 0 saturated carbocycles. The van der Waals surface area contributed by atoms with E-state index < -0.39 is 0 Å². The van der Waals surface area contributed by atoms with Crippen LogP contribution in [-0.2, 0) is 0 Å². The van der Waals surface area contributed by atoms with Gasteiger partial charge in [-0.05, 0) is 76.9 Å². The van der Waals surface area contributed by atoms with Gasteiger partial charge in [-0.15, -0.1) is 11.3 Å². The molecule has 0 fully saturated rings. The number of aromatic nitrogens is 4. The van der Waals surface area contributed by atoms with Gasteiger partial charge in [-0.2, -0.15) is 0 Å². The Morgan fingerprint density at radius 3 is 1.65 bits per heavy atom. The Balaban J connectivity index is 0.937. The monoisotopic (exact) mass is 822 g/mol. The number of hydrogen-bond donors (Lipinski definition) is 0. The highest BCUT2D eigenvalue weighted by Gasteiger charge is 2.20. The normalized spacial score (nSPS) is 11.8. The maximum Gasteiger partial charge on any atom is 0.164 e. The van der Waals surface area contributed by atoms with Crippen LogP contribution in [0, 0.1) is 0 Å². The molecule has 6 heteroatoms. The van der Waals surface area contributed by atoms with Gasteiger partial charge in [0, 0.05) is 64.1 Å². The summed E-state index contributed by atoms with van der Waals surface area (Å²) in [6.07, 6.45) is 0. The van der Waals surface area contributed by atoms with E-state index in [1.165, 1.54) is 42.0 Å². The van der Waals surface area contributed by atoms with Gasteiger partial charge in [0.25, 0.3) is 0 Å². The molecule has 0 aliphatic heterocycles. The van der Waals surface area contributed by atoms with Crippen LogP contribution in [0.3, 0.4) is 0 Å². The van der Waals surface area contributed by atoms with Crippen molar-refractivity contribution in [3.63, 3.8) is 0 Å². The van der Waals surface area contributed by atoms with E-state index in [9.17, 15) is 0 Å². The van der Waals surface area contributed by atoms with E-state index in [0.717, 1.165) is 66.6 Å². The Morgan fingerprint density at radius 2 is 0.937 bits per heavy atom. The summed E-state index contributed by atoms with van der Waals surface area (Å²) in [5.74, 6) is 1.91. The van der Waals surface area contributed by atoms with Crippen LogP contribution in [0.4, 0.5) is 0 Å². The molecule has 0 aliphatic carbocycles. The van der Waals surface area contributed by atoms with Crippen molar-refractivity contribution in [1.82, 2.24) is 19.5 Å². The Morgan fingerprint density at radius 1 is 0.365 bits per heavy atom. The predicted molar refractivity (Wildman–Crippen MR) is 262 cm³/mol. The molecule has 0 amide bonds. The summed E-state index contributed by atoms with van der Waals surface area (Å²) in [4.78, 5) is 14.8. The number of thiophene rings is 1. The summed E-state index contributed by atoms with van der Waals surface area (Å²) >= 11 is 1.88. The van der Waals surface area contributed by atoms with Gasteiger partial charge in [-0.3, -0.25) is 0 Å². The zero-order chi connectivity index (χ0) is 41.4. The first kappa shape index (κ1) is 35.6. The summed E-state index contributed by atoms with van der Waals surface area (Å²) in [6, 6.07) is 72.6. The highest BCUT2D eigenvalue weighted by molar-refractivity contribution is 7.26. The standard InChI is InChI=1S/C57H34N4OS/c1-4-13-36(14-5-1)55-58-56(37-15-6-2-7-16-37)60-57(59-55)38-25-23-35(24-26-38)42-20-12-21-50-52(42)46-34-40(28-32-49(46)62-50)39-27-30-47-45(33-39)53-48(61(47)41-17-8-3-9-18-41)31-29-44-43-19-10-11-22-51(43)63-54(44)53/h1-34H. The Kier molecular flexibility index (Phi) is 8.01. The van der Waals surface area contributed by atoms with E-state index in [4.69, 9.17) is 19.4 Å². The zero-order valence-corrected chi connectivity index (χ0v) is 34.6. The van der Waals surface area contributed by atoms with Crippen LogP contribution in [0.5, 0.6) is 0 Å². The van der Waals surface area contributed by atoms with Crippen molar-refractivity contribution < 1.29 is 4.42 Å². The van der Waals surface area contributed by atoms with E-state index >= 15 is 0 Å². The first-order valence-corrected chi connectivity index (χ1v) is 21.9. The number of furan rings is 1. The molecular formula is C57H34N4OS. The molecule has 0 unspecified atom stereocenters. The first-order valence-electron chi connectivity index (χ1n) is 21.1. The third-order valence-electron chi connectivity index (χ3n) is 12.3. The first-order chi connectivity index (χ1) is 31.2. The van der Waals surface area contributed by atoms with Gasteiger partial charge in [-0.25, -0.2) is 15.0 Å². The van der Waals surface area contributed by atoms with Crippen molar-refractivity contribution in [3.05, 3.63) is 206 Å². The summed E-state index contributed by atoms with van der Waals surface area (Å²) in [5, 5.41) is 7.31. The molecule has 0 bridgehead atoms.